The molecule has 0 bridgehead atoms. The lowest BCUT2D eigenvalue weighted by Gasteiger charge is -2.19. The predicted octanol–water partition coefficient (Wildman–Crippen LogP) is 2.11. The molecule has 0 aliphatic carbocycles. The third kappa shape index (κ3) is 4.69. The minimum atomic E-state index is -4.70. The van der Waals surface area contributed by atoms with Crippen LogP contribution in [0.15, 0.2) is 30.6 Å². The van der Waals surface area contributed by atoms with Gasteiger partial charge in [-0.1, -0.05) is 12.1 Å². The molecule has 0 amide bonds. The zero-order valence-corrected chi connectivity index (χ0v) is 12.2. The van der Waals surface area contributed by atoms with Gasteiger partial charge in [0.05, 0.1) is 6.04 Å². The molecule has 2 aromatic rings. The molecule has 22 heavy (non-hydrogen) atoms. The Kier molecular flexibility index (Phi) is 4.96. The van der Waals surface area contributed by atoms with Crippen molar-refractivity contribution in [3.63, 3.8) is 0 Å². The molecule has 0 fully saturated rings. The molecule has 1 atom stereocenters. The number of rotatable bonds is 6. The Hall–Kier alpha value is -2.16. The predicted molar refractivity (Wildman–Crippen MR) is 72.3 cm³/mol. The van der Waals surface area contributed by atoms with E-state index >= 15 is 0 Å². The van der Waals surface area contributed by atoms with Gasteiger partial charge in [0.2, 0.25) is 0 Å². The summed E-state index contributed by atoms with van der Waals surface area (Å²) in [5.41, 5.74) is 0.786. The molecule has 1 aromatic heterocycles. The van der Waals surface area contributed by atoms with Gasteiger partial charge in [-0.3, -0.25) is 0 Å². The summed E-state index contributed by atoms with van der Waals surface area (Å²) in [5.74, 6) is -0.255. The van der Waals surface area contributed by atoms with E-state index in [4.69, 9.17) is 0 Å². The largest absolute Gasteiger partial charge is 0.573 e. The van der Waals surface area contributed by atoms with Gasteiger partial charge in [0.15, 0.2) is 6.33 Å². The van der Waals surface area contributed by atoms with Crippen LogP contribution in [0, 0.1) is 0 Å². The Bertz CT molecular complexity index is 568. The maximum Gasteiger partial charge on any atom is 0.573 e. The van der Waals surface area contributed by atoms with Crippen LogP contribution in [0.1, 0.15) is 18.0 Å². The average molecular weight is 315 g/mol. The molecule has 0 saturated carbocycles. The van der Waals surface area contributed by atoms with E-state index in [0.29, 0.717) is 6.42 Å². The molecule has 0 aliphatic heterocycles. The second-order valence-corrected chi connectivity index (χ2v) is 4.98. The Morgan fingerprint density at radius 2 is 1.91 bits per heavy atom. The van der Waals surface area contributed by atoms with Crippen LogP contribution in [0.25, 0.3) is 0 Å². The molecule has 0 aliphatic rings. The number of aromatic nitrogens is 4. The molecule has 9 heteroatoms. The minimum absolute atomic E-state index is 0.204. The van der Waals surface area contributed by atoms with E-state index in [0.717, 1.165) is 12.1 Å². The SMILES string of the molecule is CN(C)CCC(c1ccc(OC(F)(F)F)cc1)n1ncnn1. The number of halogens is 3. The van der Waals surface area contributed by atoms with E-state index < -0.39 is 6.36 Å². The third-order valence-electron chi connectivity index (χ3n) is 2.99. The molecule has 120 valence electrons. The standard InChI is InChI=1S/C13H16F3N5O/c1-20(2)8-7-12(21-18-9-17-19-21)10-3-5-11(6-4-10)22-13(14,15)16/h3-6,9,12H,7-8H2,1-2H3. The average Bonchev–Trinajstić information content (AvgIpc) is 2.92. The Balaban J connectivity index is 2.17. The highest BCUT2D eigenvalue weighted by Crippen LogP contribution is 2.26. The number of ether oxygens (including phenoxy) is 1. The fourth-order valence-electron chi connectivity index (χ4n) is 2.01. The number of benzene rings is 1. The van der Waals surface area contributed by atoms with Crippen molar-refractivity contribution in [2.45, 2.75) is 18.8 Å². The quantitative estimate of drug-likeness (QED) is 0.817. The molecule has 2 rings (SSSR count). The first-order valence-corrected chi connectivity index (χ1v) is 6.58. The summed E-state index contributed by atoms with van der Waals surface area (Å²) in [6, 6.07) is 5.50. The summed E-state index contributed by atoms with van der Waals surface area (Å²) < 4.78 is 40.4. The van der Waals surface area contributed by atoms with Crippen LogP contribution in [0.2, 0.25) is 0 Å². The van der Waals surface area contributed by atoms with E-state index in [2.05, 4.69) is 20.1 Å². The summed E-state index contributed by atoms with van der Waals surface area (Å²) in [6.07, 6.45) is -2.67. The second-order valence-electron chi connectivity index (χ2n) is 4.98. The molecule has 0 N–H and O–H groups in total. The lowest BCUT2D eigenvalue weighted by Crippen LogP contribution is -2.21. The normalized spacial score (nSPS) is 13.4. The van der Waals surface area contributed by atoms with Crippen molar-refractivity contribution in [2.75, 3.05) is 20.6 Å². The summed E-state index contributed by atoms with van der Waals surface area (Å²) in [4.78, 5) is 3.45. The van der Waals surface area contributed by atoms with Gasteiger partial charge in [0.1, 0.15) is 5.75 Å². The molecule has 0 spiro atoms. The van der Waals surface area contributed by atoms with Crippen LogP contribution < -0.4 is 4.74 Å². The number of hydrogen-bond acceptors (Lipinski definition) is 5. The first kappa shape index (κ1) is 16.2. The van der Waals surface area contributed by atoms with Gasteiger partial charge in [-0.2, -0.15) is 4.80 Å². The molecule has 1 heterocycles. The number of nitrogens with zero attached hydrogens (tertiary/aromatic N) is 5. The topological polar surface area (TPSA) is 56.1 Å². The van der Waals surface area contributed by atoms with Crippen LogP contribution in [-0.2, 0) is 0 Å². The fourth-order valence-corrected chi connectivity index (χ4v) is 2.01. The van der Waals surface area contributed by atoms with Gasteiger partial charge in [-0.25, -0.2) is 0 Å². The minimum Gasteiger partial charge on any atom is -0.406 e. The molecular weight excluding hydrogens is 299 g/mol. The summed E-state index contributed by atoms with van der Waals surface area (Å²) in [5, 5.41) is 11.6. The maximum absolute atomic E-state index is 12.2. The van der Waals surface area contributed by atoms with E-state index in [1.165, 1.54) is 23.3 Å². The van der Waals surface area contributed by atoms with Crippen LogP contribution in [0.5, 0.6) is 5.75 Å². The van der Waals surface area contributed by atoms with Crippen molar-refractivity contribution in [3.05, 3.63) is 36.2 Å². The van der Waals surface area contributed by atoms with Crippen LogP contribution in [-0.4, -0.2) is 52.1 Å². The van der Waals surface area contributed by atoms with Crippen molar-refractivity contribution in [3.8, 4) is 5.75 Å². The van der Waals surface area contributed by atoms with Gasteiger partial charge in [0, 0.05) is 0 Å². The Morgan fingerprint density at radius 3 is 2.41 bits per heavy atom. The van der Waals surface area contributed by atoms with Crippen LogP contribution in [0.3, 0.4) is 0 Å². The van der Waals surface area contributed by atoms with E-state index in [1.54, 1.807) is 12.1 Å². The zero-order chi connectivity index (χ0) is 16.2. The monoisotopic (exact) mass is 315 g/mol. The first-order chi connectivity index (χ1) is 10.3. The van der Waals surface area contributed by atoms with Crippen molar-refractivity contribution in [1.29, 1.82) is 0 Å². The number of hydrogen-bond donors (Lipinski definition) is 0. The number of alkyl halides is 3. The smallest absolute Gasteiger partial charge is 0.406 e. The Morgan fingerprint density at radius 1 is 1.23 bits per heavy atom. The van der Waals surface area contributed by atoms with Crippen molar-refractivity contribution < 1.29 is 17.9 Å². The van der Waals surface area contributed by atoms with Gasteiger partial charge < -0.3 is 9.64 Å². The molecule has 0 saturated heterocycles. The zero-order valence-electron chi connectivity index (χ0n) is 12.2. The van der Waals surface area contributed by atoms with Crippen molar-refractivity contribution >= 4 is 0 Å². The van der Waals surface area contributed by atoms with Crippen molar-refractivity contribution in [2.24, 2.45) is 0 Å². The molecule has 0 radical (unpaired) electrons. The lowest BCUT2D eigenvalue weighted by atomic mass is 10.0. The molecule has 1 aromatic carbocycles. The van der Waals surface area contributed by atoms with Gasteiger partial charge in [-0.05, 0) is 50.0 Å². The molecular formula is C13H16F3N5O. The van der Waals surface area contributed by atoms with Crippen LogP contribution in [0.4, 0.5) is 13.2 Å². The lowest BCUT2D eigenvalue weighted by molar-refractivity contribution is -0.274. The fraction of sp³-hybridized carbons (Fsp3) is 0.462. The Labute approximate surface area is 125 Å². The van der Waals surface area contributed by atoms with Gasteiger partial charge >= 0.3 is 6.36 Å². The van der Waals surface area contributed by atoms with E-state index in [9.17, 15) is 13.2 Å². The van der Waals surface area contributed by atoms with E-state index in [1.807, 2.05) is 19.0 Å². The van der Waals surface area contributed by atoms with Crippen LogP contribution >= 0.6 is 0 Å². The van der Waals surface area contributed by atoms with Crippen molar-refractivity contribution in [1.82, 2.24) is 25.1 Å². The maximum atomic E-state index is 12.2. The van der Waals surface area contributed by atoms with Gasteiger partial charge in [-0.15, -0.1) is 23.4 Å². The van der Waals surface area contributed by atoms with E-state index in [-0.39, 0.29) is 11.8 Å². The first-order valence-electron chi connectivity index (χ1n) is 6.58. The highest BCUT2D eigenvalue weighted by molar-refractivity contribution is 5.29. The summed E-state index contributed by atoms with van der Waals surface area (Å²) >= 11 is 0. The molecule has 1 unspecified atom stereocenters. The molecule has 6 nitrogen and oxygen atoms in total. The van der Waals surface area contributed by atoms with Gasteiger partial charge in [0.25, 0.3) is 0 Å². The highest BCUT2D eigenvalue weighted by atomic mass is 19.4. The summed E-state index contributed by atoms with van der Waals surface area (Å²) in [7, 11) is 3.87. The second kappa shape index (κ2) is 6.73. The highest BCUT2D eigenvalue weighted by Gasteiger charge is 2.31. The summed E-state index contributed by atoms with van der Waals surface area (Å²) in [6.45, 7) is 0.771. The third-order valence-corrected chi connectivity index (χ3v) is 2.99. The number of tetrazole rings is 1.